The van der Waals surface area contributed by atoms with Crippen LogP contribution >= 0.6 is 0 Å². The normalized spacial score (nSPS) is 31.8. The van der Waals surface area contributed by atoms with Crippen molar-refractivity contribution in [3.8, 4) is 0 Å². The van der Waals surface area contributed by atoms with E-state index >= 15 is 0 Å². The molecule has 0 aliphatic heterocycles. The first-order valence-corrected chi connectivity index (χ1v) is 7.33. The minimum absolute atomic E-state index is 0.188. The van der Waals surface area contributed by atoms with E-state index in [1.807, 2.05) is 0 Å². The zero-order valence-electron chi connectivity index (χ0n) is 10.8. The lowest BCUT2D eigenvalue weighted by molar-refractivity contribution is -0.126. The molecule has 3 nitrogen and oxygen atoms in total. The molecule has 2 unspecified atom stereocenters. The Bertz CT molecular complexity index is 247. The van der Waals surface area contributed by atoms with E-state index in [9.17, 15) is 4.79 Å². The molecule has 3 heteroatoms. The van der Waals surface area contributed by atoms with Gasteiger partial charge in [-0.3, -0.25) is 4.79 Å². The van der Waals surface area contributed by atoms with E-state index < -0.39 is 0 Å². The smallest absolute Gasteiger partial charge is 0.223 e. The molecule has 0 radical (unpaired) electrons. The van der Waals surface area contributed by atoms with Crippen LogP contribution in [0.5, 0.6) is 0 Å². The topological polar surface area (TPSA) is 55.1 Å². The summed E-state index contributed by atoms with van der Waals surface area (Å²) < 4.78 is 0. The van der Waals surface area contributed by atoms with Crippen molar-refractivity contribution in [2.45, 2.75) is 76.3 Å². The maximum atomic E-state index is 12.2. The lowest BCUT2D eigenvalue weighted by Crippen LogP contribution is -2.46. The monoisotopic (exact) mass is 238 g/mol. The number of nitrogens with one attached hydrogen (secondary N) is 1. The summed E-state index contributed by atoms with van der Waals surface area (Å²) in [7, 11) is 0. The van der Waals surface area contributed by atoms with E-state index in [0.717, 1.165) is 32.1 Å². The Kier molecular flexibility index (Phi) is 4.84. The van der Waals surface area contributed by atoms with Crippen LogP contribution in [0.4, 0.5) is 0 Å². The van der Waals surface area contributed by atoms with E-state index in [2.05, 4.69) is 5.32 Å². The van der Waals surface area contributed by atoms with E-state index in [4.69, 9.17) is 5.73 Å². The number of nitrogens with two attached hydrogens (primary N) is 1. The Labute approximate surface area is 105 Å². The molecule has 0 aromatic rings. The van der Waals surface area contributed by atoms with Gasteiger partial charge in [0.2, 0.25) is 5.91 Å². The van der Waals surface area contributed by atoms with Gasteiger partial charge < -0.3 is 11.1 Å². The van der Waals surface area contributed by atoms with E-state index in [0.29, 0.717) is 0 Å². The molecule has 17 heavy (non-hydrogen) atoms. The van der Waals surface area contributed by atoms with E-state index in [1.165, 1.54) is 32.1 Å². The van der Waals surface area contributed by atoms with Gasteiger partial charge in [0.1, 0.15) is 0 Å². The highest BCUT2D eigenvalue weighted by Crippen LogP contribution is 2.24. The second-order valence-electron chi connectivity index (χ2n) is 5.75. The van der Waals surface area contributed by atoms with Gasteiger partial charge in [-0.2, -0.15) is 0 Å². The van der Waals surface area contributed by atoms with E-state index in [-0.39, 0.29) is 23.9 Å². The highest BCUT2D eigenvalue weighted by atomic mass is 16.1. The molecule has 0 bridgehead atoms. The molecule has 0 saturated heterocycles. The average molecular weight is 238 g/mol. The van der Waals surface area contributed by atoms with Gasteiger partial charge in [-0.1, -0.05) is 32.1 Å². The summed E-state index contributed by atoms with van der Waals surface area (Å²) in [6.45, 7) is 0. The van der Waals surface area contributed by atoms with Gasteiger partial charge in [0.15, 0.2) is 0 Å². The van der Waals surface area contributed by atoms with Gasteiger partial charge in [0, 0.05) is 18.0 Å². The second-order valence-corrected chi connectivity index (χ2v) is 5.75. The Morgan fingerprint density at radius 1 is 0.882 bits per heavy atom. The number of hydrogen-bond donors (Lipinski definition) is 2. The zero-order chi connectivity index (χ0) is 12.1. The minimum Gasteiger partial charge on any atom is -0.352 e. The van der Waals surface area contributed by atoms with Crippen molar-refractivity contribution in [3.63, 3.8) is 0 Å². The standard InChI is InChI=1S/C14H26N2O/c15-12-9-6-10-13(12)16-14(17)11-7-4-2-1-3-5-8-11/h11-13H,1-10,15H2,(H,16,17). The molecule has 2 aliphatic rings. The van der Waals surface area contributed by atoms with Crippen LogP contribution in [0.25, 0.3) is 0 Å². The highest BCUT2D eigenvalue weighted by Gasteiger charge is 2.28. The molecule has 2 atom stereocenters. The van der Waals surface area contributed by atoms with Crippen LogP contribution in [0.2, 0.25) is 0 Å². The molecule has 2 fully saturated rings. The van der Waals surface area contributed by atoms with Crippen LogP contribution in [-0.4, -0.2) is 18.0 Å². The number of carbonyl (C=O) groups is 1. The molecular formula is C14H26N2O. The summed E-state index contributed by atoms with van der Waals surface area (Å²) in [5, 5.41) is 3.18. The third-order valence-corrected chi connectivity index (χ3v) is 4.37. The Hall–Kier alpha value is -0.570. The number of hydrogen-bond acceptors (Lipinski definition) is 2. The van der Waals surface area contributed by atoms with Crippen molar-refractivity contribution in [1.82, 2.24) is 5.32 Å². The summed E-state index contributed by atoms with van der Waals surface area (Å²) in [5.74, 6) is 0.525. The van der Waals surface area contributed by atoms with Crippen molar-refractivity contribution in [2.24, 2.45) is 11.7 Å². The summed E-state index contributed by atoms with van der Waals surface area (Å²) in [6.07, 6.45) is 11.8. The molecule has 98 valence electrons. The maximum absolute atomic E-state index is 12.2. The zero-order valence-corrected chi connectivity index (χ0v) is 10.8. The van der Waals surface area contributed by atoms with E-state index in [1.54, 1.807) is 0 Å². The first-order chi connectivity index (χ1) is 8.27. The van der Waals surface area contributed by atoms with Crippen molar-refractivity contribution < 1.29 is 4.79 Å². The molecule has 0 aromatic carbocycles. The number of amides is 1. The largest absolute Gasteiger partial charge is 0.352 e. The summed E-state index contributed by atoms with van der Waals surface area (Å²) >= 11 is 0. The third-order valence-electron chi connectivity index (χ3n) is 4.37. The van der Waals surface area contributed by atoms with Crippen LogP contribution in [0.15, 0.2) is 0 Å². The fourth-order valence-corrected chi connectivity index (χ4v) is 3.19. The minimum atomic E-state index is 0.188. The van der Waals surface area contributed by atoms with Crippen LogP contribution < -0.4 is 11.1 Å². The Morgan fingerprint density at radius 3 is 2.12 bits per heavy atom. The predicted octanol–water partition coefficient (Wildman–Crippen LogP) is 2.34. The fourth-order valence-electron chi connectivity index (χ4n) is 3.19. The van der Waals surface area contributed by atoms with Gasteiger partial charge in [-0.05, 0) is 32.1 Å². The quantitative estimate of drug-likeness (QED) is 0.776. The van der Waals surface area contributed by atoms with Crippen LogP contribution in [0.1, 0.15) is 64.2 Å². The molecule has 0 heterocycles. The predicted molar refractivity (Wildman–Crippen MR) is 69.6 cm³/mol. The maximum Gasteiger partial charge on any atom is 0.223 e. The SMILES string of the molecule is NC1CCCC1NC(=O)C1CCCCCCC1. The first-order valence-electron chi connectivity index (χ1n) is 7.33. The number of rotatable bonds is 2. The lowest BCUT2D eigenvalue weighted by atomic mass is 9.90. The third kappa shape index (κ3) is 3.70. The molecule has 0 spiro atoms. The van der Waals surface area contributed by atoms with Gasteiger partial charge in [-0.15, -0.1) is 0 Å². The highest BCUT2D eigenvalue weighted by molar-refractivity contribution is 5.79. The Morgan fingerprint density at radius 2 is 1.53 bits per heavy atom. The molecule has 2 aliphatic carbocycles. The number of carbonyl (C=O) groups excluding carboxylic acids is 1. The van der Waals surface area contributed by atoms with Crippen LogP contribution in [0.3, 0.4) is 0 Å². The molecule has 0 aromatic heterocycles. The summed E-state index contributed by atoms with van der Waals surface area (Å²) in [4.78, 5) is 12.2. The lowest BCUT2D eigenvalue weighted by Gasteiger charge is -2.23. The molecule has 2 rings (SSSR count). The molecular weight excluding hydrogens is 212 g/mol. The Balaban J connectivity index is 1.80. The van der Waals surface area contributed by atoms with Gasteiger partial charge in [-0.25, -0.2) is 0 Å². The second kappa shape index (κ2) is 6.39. The van der Waals surface area contributed by atoms with Crippen LogP contribution in [0, 0.1) is 5.92 Å². The van der Waals surface area contributed by atoms with Gasteiger partial charge >= 0.3 is 0 Å². The van der Waals surface area contributed by atoms with Crippen molar-refractivity contribution in [1.29, 1.82) is 0 Å². The first kappa shape index (κ1) is 12.9. The average Bonchev–Trinajstić information content (AvgIpc) is 2.63. The summed E-state index contributed by atoms with van der Waals surface area (Å²) in [5.41, 5.74) is 6.00. The van der Waals surface area contributed by atoms with Gasteiger partial charge in [0.25, 0.3) is 0 Å². The van der Waals surface area contributed by atoms with Crippen molar-refractivity contribution >= 4 is 5.91 Å². The van der Waals surface area contributed by atoms with Gasteiger partial charge in [0.05, 0.1) is 0 Å². The van der Waals surface area contributed by atoms with Crippen molar-refractivity contribution in [3.05, 3.63) is 0 Å². The van der Waals surface area contributed by atoms with Crippen LogP contribution in [-0.2, 0) is 4.79 Å². The van der Waals surface area contributed by atoms with Crippen molar-refractivity contribution in [2.75, 3.05) is 0 Å². The summed E-state index contributed by atoms with van der Waals surface area (Å²) in [6, 6.07) is 0.431. The molecule has 2 saturated carbocycles. The molecule has 3 N–H and O–H groups in total. The molecule has 1 amide bonds. The fraction of sp³-hybridized carbons (Fsp3) is 0.929.